The Morgan fingerprint density at radius 1 is 1.57 bits per heavy atom. The number of nitrogens with zero attached hydrogens (tertiary/aromatic N) is 3. The first kappa shape index (κ1) is 9.51. The average molecular weight is 202 g/mol. The lowest BCUT2D eigenvalue weighted by molar-refractivity contribution is 0.121. The van der Waals surface area contributed by atoms with Crippen molar-refractivity contribution < 1.29 is 8.78 Å². The normalized spacial score (nSPS) is 16.5. The first-order valence-electron chi connectivity index (χ1n) is 4.64. The quantitative estimate of drug-likeness (QED) is 0.767. The molecule has 6 heteroatoms. The van der Waals surface area contributed by atoms with Gasteiger partial charge in [-0.05, 0) is 12.8 Å². The Morgan fingerprint density at radius 2 is 2.36 bits per heavy atom. The lowest BCUT2D eigenvalue weighted by atomic mass is 10.4. The number of rotatable bonds is 5. The summed E-state index contributed by atoms with van der Waals surface area (Å²) in [5.74, 6) is 0. The van der Waals surface area contributed by atoms with Crippen molar-refractivity contribution in [1.82, 2.24) is 20.3 Å². The van der Waals surface area contributed by atoms with Crippen LogP contribution in [-0.4, -0.2) is 27.5 Å². The Labute approximate surface area is 80.3 Å². The third-order valence-corrected chi connectivity index (χ3v) is 2.06. The van der Waals surface area contributed by atoms with Crippen LogP contribution < -0.4 is 5.32 Å². The van der Waals surface area contributed by atoms with Gasteiger partial charge in [0.1, 0.15) is 6.54 Å². The van der Waals surface area contributed by atoms with Crippen LogP contribution in [0.15, 0.2) is 6.20 Å². The Bertz CT molecular complexity index is 295. The van der Waals surface area contributed by atoms with Gasteiger partial charge in [0.15, 0.2) is 0 Å². The highest BCUT2D eigenvalue weighted by Gasteiger charge is 2.20. The fraction of sp³-hybridized carbons (Fsp3) is 0.750. The third kappa shape index (κ3) is 2.73. The van der Waals surface area contributed by atoms with Crippen LogP contribution in [0.1, 0.15) is 18.5 Å². The van der Waals surface area contributed by atoms with Crippen LogP contribution >= 0.6 is 0 Å². The molecule has 1 fully saturated rings. The van der Waals surface area contributed by atoms with Gasteiger partial charge in [-0.1, -0.05) is 5.21 Å². The molecule has 0 bridgehead atoms. The fourth-order valence-electron chi connectivity index (χ4n) is 1.19. The number of nitrogens with one attached hydrogen (secondary N) is 1. The van der Waals surface area contributed by atoms with Gasteiger partial charge < -0.3 is 5.32 Å². The maximum Gasteiger partial charge on any atom is 0.257 e. The second kappa shape index (κ2) is 4.00. The van der Waals surface area contributed by atoms with Crippen LogP contribution in [0, 0.1) is 0 Å². The van der Waals surface area contributed by atoms with E-state index in [4.69, 9.17) is 0 Å². The number of halogens is 2. The van der Waals surface area contributed by atoms with Crippen LogP contribution in [0.5, 0.6) is 0 Å². The van der Waals surface area contributed by atoms with Crippen LogP contribution in [-0.2, 0) is 13.1 Å². The van der Waals surface area contributed by atoms with E-state index in [1.807, 2.05) is 0 Å². The van der Waals surface area contributed by atoms with Crippen molar-refractivity contribution in [2.24, 2.45) is 0 Å². The molecule has 1 aliphatic carbocycles. The molecule has 4 nitrogen and oxygen atoms in total. The monoisotopic (exact) mass is 202 g/mol. The largest absolute Gasteiger partial charge is 0.308 e. The topological polar surface area (TPSA) is 42.7 Å². The maximum atomic E-state index is 11.9. The Balaban J connectivity index is 1.81. The van der Waals surface area contributed by atoms with E-state index in [2.05, 4.69) is 15.6 Å². The summed E-state index contributed by atoms with van der Waals surface area (Å²) < 4.78 is 25.1. The molecule has 1 aromatic heterocycles. The van der Waals surface area contributed by atoms with E-state index in [0.29, 0.717) is 12.6 Å². The zero-order valence-electron chi connectivity index (χ0n) is 7.66. The van der Waals surface area contributed by atoms with E-state index < -0.39 is 6.43 Å². The standard InChI is InChI=1S/C8H12F2N4/c9-8(10)5-14-4-7(12-13-14)3-11-6-1-2-6/h4,6,8,11H,1-3,5H2. The predicted molar refractivity (Wildman–Crippen MR) is 45.9 cm³/mol. The number of hydrogen-bond acceptors (Lipinski definition) is 3. The van der Waals surface area contributed by atoms with Crippen molar-refractivity contribution in [3.05, 3.63) is 11.9 Å². The minimum absolute atomic E-state index is 0.379. The van der Waals surface area contributed by atoms with Crippen molar-refractivity contribution >= 4 is 0 Å². The van der Waals surface area contributed by atoms with E-state index in [-0.39, 0.29) is 6.54 Å². The van der Waals surface area contributed by atoms with Crippen molar-refractivity contribution in [2.75, 3.05) is 0 Å². The third-order valence-electron chi connectivity index (χ3n) is 2.06. The zero-order chi connectivity index (χ0) is 9.97. The highest BCUT2D eigenvalue weighted by Crippen LogP contribution is 2.18. The molecule has 0 atom stereocenters. The van der Waals surface area contributed by atoms with Gasteiger partial charge in [-0.15, -0.1) is 5.10 Å². The number of aromatic nitrogens is 3. The molecule has 1 aromatic rings. The van der Waals surface area contributed by atoms with Crippen LogP contribution in [0.25, 0.3) is 0 Å². The summed E-state index contributed by atoms with van der Waals surface area (Å²) in [4.78, 5) is 0. The van der Waals surface area contributed by atoms with Crippen molar-refractivity contribution in [3.8, 4) is 0 Å². The summed E-state index contributed by atoms with van der Waals surface area (Å²) >= 11 is 0. The van der Waals surface area contributed by atoms with Crippen LogP contribution in [0.2, 0.25) is 0 Å². The first-order chi connectivity index (χ1) is 6.74. The number of hydrogen-bond donors (Lipinski definition) is 1. The van der Waals surface area contributed by atoms with Crippen molar-refractivity contribution in [2.45, 2.75) is 38.4 Å². The zero-order valence-corrected chi connectivity index (χ0v) is 7.66. The molecular formula is C8H12F2N4. The molecule has 0 amide bonds. The summed E-state index contributed by atoms with van der Waals surface area (Å²) in [6.07, 6.45) is 1.58. The smallest absolute Gasteiger partial charge is 0.257 e. The van der Waals surface area contributed by atoms with E-state index in [1.165, 1.54) is 17.5 Å². The van der Waals surface area contributed by atoms with E-state index in [9.17, 15) is 8.78 Å². The Kier molecular flexibility index (Phi) is 2.72. The lowest BCUT2D eigenvalue weighted by Crippen LogP contribution is -2.15. The minimum Gasteiger partial charge on any atom is -0.308 e. The van der Waals surface area contributed by atoms with Gasteiger partial charge in [-0.25, -0.2) is 13.5 Å². The molecule has 0 aliphatic heterocycles. The molecule has 14 heavy (non-hydrogen) atoms. The first-order valence-corrected chi connectivity index (χ1v) is 4.64. The molecule has 1 aliphatic rings. The van der Waals surface area contributed by atoms with Crippen molar-refractivity contribution in [1.29, 1.82) is 0 Å². The molecule has 78 valence electrons. The molecule has 1 N–H and O–H groups in total. The SMILES string of the molecule is FC(F)Cn1cc(CNC2CC2)nn1. The summed E-state index contributed by atoms with van der Waals surface area (Å²) in [7, 11) is 0. The predicted octanol–water partition coefficient (Wildman–Crippen LogP) is 0.795. The molecule has 2 rings (SSSR count). The van der Waals surface area contributed by atoms with Gasteiger partial charge in [-0.2, -0.15) is 0 Å². The molecule has 0 spiro atoms. The van der Waals surface area contributed by atoms with Gasteiger partial charge in [-0.3, -0.25) is 0 Å². The maximum absolute atomic E-state index is 11.9. The molecule has 0 unspecified atom stereocenters. The number of alkyl halides is 2. The highest BCUT2D eigenvalue weighted by molar-refractivity contribution is 4.94. The molecular weight excluding hydrogens is 190 g/mol. The molecule has 0 saturated heterocycles. The van der Waals surface area contributed by atoms with Gasteiger partial charge in [0.2, 0.25) is 0 Å². The second-order valence-electron chi connectivity index (χ2n) is 3.48. The fourth-order valence-corrected chi connectivity index (χ4v) is 1.19. The van der Waals surface area contributed by atoms with E-state index in [0.717, 1.165) is 5.69 Å². The molecule has 1 heterocycles. The van der Waals surface area contributed by atoms with Gasteiger partial charge in [0.05, 0.1) is 5.69 Å². The van der Waals surface area contributed by atoms with Crippen LogP contribution in [0.3, 0.4) is 0 Å². The average Bonchev–Trinajstić information content (AvgIpc) is 2.84. The van der Waals surface area contributed by atoms with Crippen molar-refractivity contribution in [3.63, 3.8) is 0 Å². The second-order valence-corrected chi connectivity index (χ2v) is 3.48. The summed E-state index contributed by atoms with van der Waals surface area (Å²) in [5.41, 5.74) is 0.720. The van der Waals surface area contributed by atoms with Gasteiger partial charge in [0, 0.05) is 18.8 Å². The Hall–Kier alpha value is -1.04. The van der Waals surface area contributed by atoms with E-state index >= 15 is 0 Å². The minimum atomic E-state index is -2.37. The summed E-state index contributed by atoms with van der Waals surface area (Å²) in [6, 6.07) is 0.593. The van der Waals surface area contributed by atoms with Gasteiger partial charge >= 0.3 is 0 Å². The molecule has 0 aromatic carbocycles. The van der Waals surface area contributed by atoms with E-state index in [1.54, 1.807) is 6.20 Å². The summed E-state index contributed by atoms with van der Waals surface area (Å²) in [6.45, 7) is 0.240. The van der Waals surface area contributed by atoms with Crippen LogP contribution in [0.4, 0.5) is 8.78 Å². The Morgan fingerprint density at radius 3 is 3.00 bits per heavy atom. The molecule has 0 radical (unpaired) electrons. The van der Waals surface area contributed by atoms with Gasteiger partial charge in [0.25, 0.3) is 6.43 Å². The lowest BCUT2D eigenvalue weighted by Gasteiger charge is -1.97. The summed E-state index contributed by atoms with van der Waals surface area (Å²) in [5, 5.41) is 10.6. The highest BCUT2D eigenvalue weighted by atomic mass is 19.3. The molecule has 1 saturated carbocycles.